The Morgan fingerprint density at radius 2 is 1.59 bits per heavy atom. The molecule has 0 aliphatic rings. The zero-order chi connectivity index (χ0) is 20.9. The van der Waals surface area contributed by atoms with Gasteiger partial charge in [0.05, 0.1) is 10.6 Å². The Labute approximate surface area is 169 Å². The van der Waals surface area contributed by atoms with Crippen LogP contribution < -0.4 is 10.0 Å². The van der Waals surface area contributed by atoms with Crippen molar-refractivity contribution >= 4 is 21.6 Å². The van der Waals surface area contributed by atoms with Gasteiger partial charge in [-0.3, -0.25) is 9.52 Å². The van der Waals surface area contributed by atoms with E-state index in [1.54, 1.807) is 30.3 Å². The van der Waals surface area contributed by atoms with Crippen LogP contribution in [0, 0.1) is 12.7 Å². The molecule has 0 aliphatic heterocycles. The van der Waals surface area contributed by atoms with Crippen molar-refractivity contribution < 1.29 is 17.6 Å². The largest absolute Gasteiger partial charge is 0.352 e. The van der Waals surface area contributed by atoms with E-state index in [-0.39, 0.29) is 23.2 Å². The molecule has 1 amide bonds. The number of carbonyl (C=O) groups is 1. The summed E-state index contributed by atoms with van der Waals surface area (Å²) < 4.78 is 41.2. The second-order valence-corrected chi connectivity index (χ2v) is 8.22. The highest BCUT2D eigenvalue weighted by Crippen LogP contribution is 2.19. The van der Waals surface area contributed by atoms with Gasteiger partial charge in [0.15, 0.2) is 0 Å². The van der Waals surface area contributed by atoms with Crippen LogP contribution in [-0.4, -0.2) is 20.9 Å². The van der Waals surface area contributed by atoms with Crippen molar-refractivity contribution in [1.82, 2.24) is 5.32 Å². The summed E-state index contributed by atoms with van der Waals surface area (Å²) in [5.74, 6) is -0.658. The minimum absolute atomic E-state index is 0.0589. The third-order valence-electron chi connectivity index (χ3n) is 4.45. The minimum Gasteiger partial charge on any atom is -0.352 e. The summed E-state index contributed by atoms with van der Waals surface area (Å²) in [5.41, 5.74) is 2.16. The molecule has 0 saturated heterocycles. The van der Waals surface area contributed by atoms with E-state index in [4.69, 9.17) is 0 Å². The maximum absolute atomic E-state index is 13.6. The summed E-state index contributed by atoms with van der Waals surface area (Å²) in [4.78, 5) is 12.3. The Hall–Kier alpha value is -3.19. The highest BCUT2D eigenvalue weighted by Gasteiger charge is 2.16. The van der Waals surface area contributed by atoms with Gasteiger partial charge >= 0.3 is 0 Å². The number of anilines is 1. The lowest BCUT2D eigenvalue weighted by Gasteiger charge is -2.11. The normalized spacial score (nSPS) is 11.1. The predicted molar refractivity (Wildman–Crippen MR) is 111 cm³/mol. The Morgan fingerprint density at radius 3 is 2.28 bits per heavy atom. The van der Waals surface area contributed by atoms with Gasteiger partial charge in [0.2, 0.25) is 0 Å². The summed E-state index contributed by atoms with van der Waals surface area (Å²) in [6, 6.07) is 19.1. The highest BCUT2D eigenvalue weighted by atomic mass is 32.2. The molecule has 0 aliphatic carbocycles. The quantitative estimate of drug-likeness (QED) is 0.618. The second-order valence-electron chi connectivity index (χ2n) is 6.54. The SMILES string of the molecule is Cc1ccccc1NS(=O)(=O)c1ccc(C(=O)NCCc2ccccc2F)cc1. The van der Waals surface area contributed by atoms with Crippen LogP contribution in [-0.2, 0) is 16.4 Å². The number of sulfonamides is 1. The summed E-state index contributed by atoms with van der Waals surface area (Å²) >= 11 is 0. The van der Waals surface area contributed by atoms with E-state index in [0.717, 1.165) is 5.56 Å². The lowest BCUT2D eigenvalue weighted by molar-refractivity contribution is 0.0954. The van der Waals surface area contributed by atoms with Crippen molar-refractivity contribution in [2.45, 2.75) is 18.2 Å². The van der Waals surface area contributed by atoms with Crippen molar-refractivity contribution in [3.05, 3.63) is 95.3 Å². The van der Waals surface area contributed by atoms with Gasteiger partial charge in [-0.1, -0.05) is 36.4 Å². The maximum atomic E-state index is 13.6. The second kappa shape index (κ2) is 8.87. The Balaban J connectivity index is 1.62. The zero-order valence-corrected chi connectivity index (χ0v) is 16.7. The highest BCUT2D eigenvalue weighted by molar-refractivity contribution is 7.92. The first-order chi connectivity index (χ1) is 13.9. The van der Waals surface area contributed by atoms with Crippen LogP contribution >= 0.6 is 0 Å². The number of amides is 1. The van der Waals surface area contributed by atoms with Crippen LogP contribution in [0.15, 0.2) is 77.7 Å². The van der Waals surface area contributed by atoms with Crippen molar-refractivity contribution in [2.24, 2.45) is 0 Å². The average Bonchev–Trinajstić information content (AvgIpc) is 2.71. The number of carbonyl (C=O) groups excluding carboxylic acids is 1. The molecule has 0 saturated carbocycles. The molecular weight excluding hydrogens is 391 g/mol. The first kappa shape index (κ1) is 20.5. The van der Waals surface area contributed by atoms with Crippen LogP contribution in [0.2, 0.25) is 0 Å². The number of halogens is 1. The van der Waals surface area contributed by atoms with Crippen LogP contribution in [0.25, 0.3) is 0 Å². The lowest BCUT2D eigenvalue weighted by atomic mass is 10.1. The van der Waals surface area contributed by atoms with E-state index < -0.39 is 10.0 Å². The predicted octanol–water partition coefficient (Wildman–Crippen LogP) is 3.91. The van der Waals surface area contributed by atoms with Gasteiger partial charge in [-0.25, -0.2) is 12.8 Å². The van der Waals surface area contributed by atoms with Crippen LogP contribution in [0.3, 0.4) is 0 Å². The molecule has 2 N–H and O–H groups in total. The Morgan fingerprint density at radius 1 is 0.931 bits per heavy atom. The van der Waals surface area contributed by atoms with Gasteiger partial charge in [0.1, 0.15) is 5.82 Å². The number of aryl methyl sites for hydroxylation is 1. The first-order valence-electron chi connectivity index (χ1n) is 9.07. The summed E-state index contributed by atoms with van der Waals surface area (Å²) in [5, 5.41) is 2.71. The van der Waals surface area contributed by atoms with E-state index >= 15 is 0 Å². The molecule has 3 rings (SSSR count). The van der Waals surface area contributed by atoms with Gasteiger partial charge in [0.25, 0.3) is 15.9 Å². The number of hydrogen-bond donors (Lipinski definition) is 2. The molecule has 0 unspecified atom stereocenters. The molecule has 7 heteroatoms. The van der Waals surface area contributed by atoms with Crippen molar-refractivity contribution in [3.8, 4) is 0 Å². The molecule has 0 fully saturated rings. The summed E-state index contributed by atoms with van der Waals surface area (Å²) in [7, 11) is -3.76. The van der Waals surface area contributed by atoms with Gasteiger partial charge in [0, 0.05) is 12.1 Å². The first-order valence-corrected chi connectivity index (χ1v) is 10.6. The molecule has 0 aromatic heterocycles. The molecule has 5 nitrogen and oxygen atoms in total. The molecule has 3 aromatic rings. The third-order valence-corrected chi connectivity index (χ3v) is 5.84. The summed E-state index contributed by atoms with van der Waals surface area (Å²) in [6.45, 7) is 2.08. The molecule has 0 bridgehead atoms. The number of para-hydroxylation sites is 1. The van der Waals surface area contributed by atoms with E-state index in [0.29, 0.717) is 23.2 Å². The van der Waals surface area contributed by atoms with Gasteiger partial charge < -0.3 is 5.32 Å². The standard InChI is InChI=1S/C22H21FN2O3S/c1-16-6-2-5-9-21(16)25-29(27,28)19-12-10-18(11-13-19)22(26)24-15-14-17-7-3-4-8-20(17)23/h2-13,25H,14-15H2,1H3,(H,24,26). The molecular formula is C22H21FN2O3S. The minimum atomic E-state index is -3.76. The van der Waals surface area contributed by atoms with Crippen LogP contribution in [0.1, 0.15) is 21.5 Å². The zero-order valence-electron chi connectivity index (χ0n) is 15.9. The van der Waals surface area contributed by atoms with Gasteiger partial charge in [-0.2, -0.15) is 0 Å². The molecule has 0 heterocycles. The Kier molecular flexibility index (Phi) is 6.29. The molecule has 0 atom stereocenters. The number of benzene rings is 3. The molecule has 0 spiro atoms. The summed E-state index contributed by atoms with van der Waals surface area (Å²) in [6.07, 6.45) is 0.366. The van der Waals surface area contributed by atoms with Gasteiger partial charge in [-0.15, -0.1) is 0 Å². The number of nitrogens with one attached hydrogen (secondary N) is 2. The molecule has 150 valence electrons. The molecule has 29 heavy (non-hydrogen) atoms. The van der Waals surface area contributed by atoms with Crippen molar-refractivity contribution in [3.63, 3.8) is 0 Å². The Bertz CT molecular complexity index is 1110. The van der Waals surface area contributed by atoms with Crippen molar-refractivity contribution in [2.75, 3.05) is 11.3 Å². The van der Waals surface area contributed by atoms with E-state index in [9.17, 15) is 17.6 Å². The number of rotatable bonds is 7. The molecule has 0 radical (unpaired) electrons. The van der Waals surface area contributed by atoms with E-state index in [1.807, 2.05) is 19.1 Å². The monoisotopic (exact) mass is 412 g/mol. The van der Waals surface area contributed by atoms with Crippen molar-refractivity contribution in [1.29, 1.82) is 0 Å². The van der Waals surface area contributed by atoms with E-state index in [1.165, 1.54) is 30.3 Å². The third kappa shape index (κ3) is 5.20. The van der Waals surface area contributed by atoms with Crippen LogP contribution in [0.5, 0.6) is 0 Å². The van der Waals surface area contributed by atoms with Gasteiger partial charge in [-0.05, 0) is 60.9 Å². The maximum Gasteiger partial charge on any atom is 0.261 e. The molecule has 3 aromatic carbocycles. The van der Waals surface area contributed by atoms with E-state index in [2.05, 4.69) is 10.0 Å². The van der Waals surface area contributed by atoms with Crippen LogP contribution in [0.4, 0.5) is 10.1 Å². The fourth-order valence-electron chi connectivity index (χ4n) is 2.79. The average molecular weight is 412 g/mol. The number of hydrogen-bond acceptors (Lipinski definition) is 3. The fraction of sp³-hybridized carbons (Fsp3) is 0.136. The lowest BCUT2D eigenvalue weighted by Crippen LogP contribution is -2.26. The fourth-order valence-corrected chi connectivity index (χ4v) is 3.92. The smallest absolute Gasteiger partial charge is 0.261 e. The topological polar surface area (TPSA) is 75.3 Å².